The van der Waals surface area contributed by atoms with E-state index in [1.54, 1.807) is 0 Å². The van der Waals surface area contributed by atoms with Gasteiger partial charge >= 0.3 is 12.0 Å². The van der Waals surface area contributed by atoms with E-state index in [1.165, 1.54) is 6.42 Å². The molecule has 0 aromatic heterocycles. The number of rotatable bonds is 8. The molecule has 5 heteroatoms. The molecule has 3 N–H and O–H groups in total. The zero-order valence-corrected chi connectivity index (χ0v) is 12.7. The van der Waals surface area contributed by atoms with E-state index in [-0.39, 0.29) is 12.5 Å². The van der Waals surface area contributed by atoms with Gasteiger partial charge in [0.25, 0.3) is 0 Å². The van der Waals surface area contributed by atoms with Gasteiger partial charge in [-0.2, -0.15) is 0 Å². The first-order valence-corrected chi connectivity index (χ1v) is 7.77. The van der Waals surface area contributed by atoms with Crippen molar-refractivity contribution in [3.8, 4) is 0 Å². The van der Waals surface area contributed by atoms with E-state index in [2.05, 4.69) is 24.5 Å². The van der Waals surface area contributed by atoms with Crippen LogP contribution in [-0.4, -0.2) is 29.7 Å². The Morgan fingerprint density at radius 3 is 2.40 bits per heavy atom. The van der Waals surface area contributed by atoms with E-state index in [0.29, 0.717) is 24.4 Å². The molecule has 3 atom stereocenters. The van der Waals surface area contributed by atoms with Gasteiger partial charge in [0.2, 0.25) is 0 Å². The molecule has 0 heterocycles. The lowest BCUT2D eigenvalue weighted by atomic mass is 9.98. The number of nitrogens with one attached hydrogen (secondary N) is 2. The number of carboxylic acids is 1. The van der Waals surface area contributed by atoms with Crippen LogP contribution >= 0.6 is 0 Å². The van der Waals surface area contributed by atoms with Crippen molar-refractivity contribution >= 4 is 12.0 Å². The van der Waals surface area contributed by atoms with Crippen LogP contribution in [0.1, 0.15) is 58.8 Å². The molecule has 0 spiro atoms. The average molecular weight is 284 g/mol. The van der Waals surface area contributed by atoms with Gasteiger partial charge in [-0.05, 0) is 37.5 Å². The molecule has 5 nitrogen and oxygen atoms in total. The molecule has 1 saturated carbocycles. The summed E-state index contributed by atoms with van der Waals surface area (Å²) in [4.78, 5) is 22.1. The lowest BCUT2D eigenvalue weighted by Crippen LogP contribution is -2.43. The molecule has 0 aromatic rings. The van der Waals surface area contributed by atoms with E-state index >= 15 is 0 Å². The van der Waals surface area contributed by atoms with Crippen LogP contribution in [0.3, 0.4) is 0 Å². The van der Waals surface area contributed by atoms with Gasteiger partial charge in [-0.1, -0.05) is 26.7 Å². The summed E-state index contributed by atoms with van der Waals surface area (Å²) < 4.78 is 0. The summed E-state index contributed by atoms with van der Waals surface area (Å²) in [5.41, 5.74) is 0. The van der Waals surface area contributed by atoms with Crippen molar-refractivity contribution in [1.29, 1.82) is 0 Å². The second-order valence-electron chi connectivity index (χ2n) is 5.98. The highest BCUT2D eigenvalue weighted by atomic mass is 16.4. The summed E-state index contributed by atoms with van der Waals surface area (Å²) >= 11 is 0. The summed E-state index contributed by atoms with van der Waals surface area (Å²) in [7, 11) is 0. The number of carboxylic acid groups (broad SMARTS) is 1. The summed E-state index contributed by atoms with van der Waals surface area (Å²) in [6.45, 7) is 5.10. The Balaban J connectivity index is 1.99. The molecule has 0 saturated heterocycles. The van der Waals surface area contributed by atoms with Crippen molar-refractivity contribution in [2.75, 3.05) is 6.54 Å². The predicted octanol–water partition coefficient (Wildman–Crippen LogP) is 2.76. The van der Waals surface area contributed by atoms with Crippen LogP contribution in [0.4, 0.5) is 4.79 Å². The van der Waals surface area contributed by atoms with Crippen LogP contribution in [0.2, 0.25) is 0 Å². The number of carbonyl (C=O) groups is 2. The number of carbonyl (C=O) groups excluding carboxylic acids is 1. The molecule has 20 heavy (non-hydrogen) atoms. The second-order valence-corrected chi connectivity index (χ2v) is 5.98. The molecule has 0 aromatic carbocycles. The first kappa shape index (κ1) is 16.8. The number of unbranched alkanes of at least 4 members (excludes halogenated alkanes) is 3. The van der Waals surface area contributed by atoms with Crippen LogP contribution in [0.25, 0.3) is 0 Å². The molecule has 1 aliphatic rings. The van der Waals surface area contributed by atoms with Gasteiger partial charge in [0.1, 0.15) is 0 Å². The normalized spacial score (nSPS) is 25.4. The van der Waals surface area contributed by atoms with E-state index in [0.717, 1.165) is 32.1 Å². The SMILES string of the molecule is CC1CCC(NC(=O)NCCCCCCC(=O)O)C1C. The van der Waals surface area contributed by atoms with E-state index in [1.807, 2.05) is 0 Å². The quantitative estimate of drug-likeness (QED) is 0.600. The molecule has 0 radical (unpaired) electrons. The van der Waals surface area contributed by atoms with Crippen LogP contribution in [-0.2, 0) is 4.79 Å². The molecule has 0 aliphatic heterocycles. The van der Waals surface area contributed by atoms with Crippen molar-refractivity contribution < 1.29 is 14.7 Å². The molecule has 116 valence electrons. The summed E-state index contributed by atoms with van der Waals surface area (Å²) in [6, 6.07) is 0.238. The van der Waals surface area contributed by atoms with Gasteiger partial charge in [-0.15, -0.1) is 0 Å². The number of urea groups is 1. The largest absolute Gasteiger partial charge is 0.481 e. The highest BCUT2D eigenvalue weighted by Gasteiger charge is 2.30. The Hall–Kier alpha value is -1.26. The molecule has 3 unspecified atom stereocenters. The number of aliphatic carboxylic acids is 1. The Labute approximate surface area is 121 Å². The lowest BCUT2D eigenvalue weighted by Gasteiger charge is -2.19. The lowest BCUT2D eigenvalue weighted by molar-refractivity contribution is -0.137. The third kappa shape index (κ3) is 6.26. The van der Waals surface area contributed by atoms with Crippen molar-refractivity contribution in [2.24, 2.45) is 11.8 Å². The fraction of sp³-hybridized carbons (Fsp3) is 0.867. The van der Waals surface area contributed by atoms with Gasteiger partial charge in [0.15, 0.2) is 0 Å². The van der Waals surface area contributed by atoms with Gasteiger partial charge in [0.05, 0.1) is 0 Å². The standard InChI is InChI=1S/C15H28N2O3/c1-11-8-9-13(12(11)2)17-15(20)16-10-6-4-3-5-7-14(18)19/h11-13H,3-10H2,1-2H3,(H,18,19)(H2,16,17,20). The maximum Gasteiger partial charge on any atom is 0.315 e. The molecular weight excluding hydrogens is 256 g/mol. The smallest absolute Gasteiger partial charge is 0.315 e. The average Bonchev–Trinajstić information content (AvgIpc) is 2.69. The van der Waals surface area contributed by atoms with Crippen LogP contribution in [0.5, 0.6) is 0 Å². The zero-order chi connectivity index (χ0) is 15.0. The third-order valence-electron chi connectivity index (χ3n) is 4.38. The number of hydrogen-bond donors (Lipinski definition) is 3. The van der Waals surface area contributed by atoms with Gasteiger partial charge in [0, 0.05) is 19.0 Å². The van der Waals surface area contributed by atoms with Gasteiger partial charge < -0.3 is 15.7 Å². The summed E-state index contributed by atoms with van der Waals surface area (Å²) in [5, 5.41) is 14.4. The monoisotopic (exact) mass is 284 g/mol. The Kier molecular flexibility index (Phi) is 7.41. The van der Waals surface area contributed by atoms with Crippen molar-refractivity contribution in [3.63, 3.8) is 0 Å². The number of amides is 2. The maximum atomic E-state index is 11.7. The van der Waals surface area contributed by atoms with Crippen molar-refractivity contribution in [3.05, 3.63) is 0 Å². The van der Waals surface area contributed by atoms with Gasteiger partial charge in [-0.25, -0.2) is 4.79 Å². The zero-order valence-electron chi connectivity index (χ0n) is 12.7. The van der Waals surface area contributed by atoms with Crippen molar-refractivity contribution in [2.45, 2.75) is 64.8 Å². The molecule has 1 fully saturated rings. The third-order valence-corrected chi connectivity index (χ3v) is 4.38. The minimum absolute atomic E-state index is 0.0681. The fourth-order valence-electron chi connectivity index (χ4n) is 2.74. The van der Waals surface area contributed by atoms with Gasteiger partial charge in [-0.3, -0.25) is 4.79 Å². The second kappa shape index (κ2) is 8.82. The van der Waals surface area contributed by atoms with Crippen molar-refractivity contribution in [1.82, 2.24) is 10.6 Å². The van der Waals surface area contributed by atoms with E-state index in [4.69, 9.17) is 5.11 Å². The first-order chi connectivity index (χ1) is 9.50. The Morgan fingerprint density at radius 1 is 1.10 bits per heavy atom. The van der Waals surface area contributed by atoms with Crippen LogP contribution < -0.4 is 10.6 Å². The molecule has 2 amide bonds. The minimum Gasteiger partial charge on any atom is -0.481 e. The summed E-state index contributed by atoms with van der Waals surface area (Å²) in [6.07, 6.45) is 6.01. The summed E-state index contributed by atoms with van der Waals surface area (Å²) in [5.74, 6) is 0.508. The molecular formula is C15H28N2O3. The van der Waals surface area contributed by atoms with E-state index < -0.39 is 5.97 Å². The van der Waals surface area contributed by atoms with Crippen LogP contribution in [0.15, 0.2) is 0 Å². The van der Waals surface area contributed by atoms with Crippen LogP contribution in [0, 0.1) is 11.8 Å². The molecule has 0 bridgehead atoms. The highest BCUT2D eigenvalue weighted by molar-refractivity contribution is 5.74. The van der Waals surface area contributed by atoms with E-state index in [9.17, 15) is 9.59 Å². The maximum absolute atomic E-state index is 11.7. The topological polar surface area (TPSA) is 78.4 Å². The highest BCUT2D eigenvalue weighted by Crippen LogP contribution is 2.30. The molecule has 1 rings (SSSR count). The fourth-order valence-corrected chi connectivity index (χ4v) is 2.74. The Morgan fingerprint density at radius 2 is 1.80 bits per heavy atom. The Bertz CT molecular complexity index is 320. The minimum atomic E-state index is -0.734. The number of hydrogen-bond acceptors (Lipinski definition) is 2. The molecule has 1 aliphatic carbocycles. The predicted molar refractivity (Wildman–Crippen MR) is 78.6 cm³/mol. The first-order valence-electron chi connectivity index (χ1n) is 7.77.